The fourth-order valence-electron chi connectivity index (χ4n) is 1.03. The lowest BCUT2D eigenvalue weighted by Gasteiger charge is -2.19. The van der Waals surface area contributed by atoms with Crippen LogP contribution in [0, 0.1) is 5.92 Å². The summed E-state index contributed by atoms with van der Waals surface area (Å²) in [5.74, 6) is 1.35. The Balaban J connectivity index is 2.63. The maximum absolute atomic E-state index is 9.08. The Bertz CT molecular complexity index is 273. The smallest absolute Gasteiger partial charge is 0.149 e. The molecule has 0 saturated carbocycles. The molecule has 1 heterocycles. The highest BCUT2D eigenvalue weighted by Crippen LogP contribution is 2.09. The molecule has 1 rings (SSSR count). The molecule has 5 heteroatoms. The standard InChI is InChI=1S/C9H16N4O/c1-6(2)7(5-14)11-9-4-3-8(10)12-13-9/h3-4,6-7,14H,5H2,1-2H3,(H2,10,12)(H,11,13). The van der Waals surface area contributed by atoms with Crippen LogP contribution in [0.4, 0.5) is 11.6 Å². The second-order valence-electron chi connectivity index (χ2n) is 3.52. The summed E-state index contributed by atoms with van der Waals surface area (Å²) >= 11 is 0. The highest BCUT2D eigenvalue weighted by atomic mass is 16.3. The van der Waals surface area contributed by atoms with Crippen molar-refractivity contribution < 1.29 is 5.11 Å². The number of aliphatic hydroxyl groups excluding tert-OH is 1. The number of hydrogen-bond acceptors (Lipinski definition) is 5. The molecule has 14 heavy (non-hydrogen) atoms. The molecule has 0 aliphatic heterocycles. The number of rotatable bonds is 4. The molecule has 0 amide bonds. The van der Waals surface area contributed by atoms with Crippen molar-refractivity contribution >= 4 is 11.6 Å². The average molecular weight is 196 g/mol. The van der Waals surface area contributed by atoms with Crippen LogP contribution in [-0.4, -0.2) is 28.0 Å². The molecule has 0 aliphatic carbocycles. The van der Waals surface area contributed by atoms with Gasteiger partial charge in [-0.05, 0) is 18.1 Å². The molecule has 4 N–H and O–H groups in total. The van der Waals surface area contributed by atoms with Gasteiger partial charge in [0.25, 0.3) is 0 Å². The van der Waals surface area contributed by atoms with Gasteiger partial charge in [-0.1, -0.05) is 13.8 Å². The zero-order chi connectivity index (χ0) is 10.6. The summed E-state index contributed by atoms with van der Waals surface area (Å²) < 4.78 is 0. The SMILES string of the molecule is CC(C)C(CO)Nc1ccc(N)nn1. The molecule has 1 aromatic heterocycles. The van der Waals surface area contributed by atoms with Gasteiger partial charge in [-0.2, -0.15) is 0 Å². The Morgan fingerprint density at radius 3 is 2.57 bits per heavy atom. The van der Waals surface area contributed by atoms with E-state index < -0.39 is 0 Å². The van der Waals surface area contributed by atoms with Crippen molar-refractivity contribution in [3.63, 3.8) is 0 Å². The van der Waals surface area contributed by atoms with Crippen LogP contribution in [0.3, 0.4) is 0 Å². The molecule has 0 aliphatic rings. The Morgan fingerprint density at radius 1 is 1.43 bits per heavy atom. The van der Waals surface area contributed by atoms with Gasteiger partial charge in [0.05, 0.1) is 12.6 Å². The first-order valence-corrected chi connectivity index (χ1v) is 4.60. The zero-order valence-electron chi connectivity index (χ0n) is 8.44. The predicted octanol–water partition coefficient (Wildman–Crippen LogP) is 0.488. The van der Waals surface area contributed by atoms with Crippen LogP contribution in [0.25, 0.3) is 0 Å². The molecule has 78 valence electrons. The highest BCUT2D eigenvalue weighted by molar-refractivity contribution is 5.39. The molecule has 0 saturated heterocycles. The van der Waals surface area contributed by atoms with E-state index in [1.54, 1.807) is 12.1 Å². The molecular weight excluding hydrogens is 180 g/mol. The second-order valence-corrected chi connectivity index (χ2v) is 3.52. The Morgan fingerprint density at radius 2 is 2.14 bits per heavy atom. The minimum atomic E-state index is -0.00655. The Hall–Kier alpha value is -1.36. The van der Waals surface area contributed by atoms with Gasteiger partial charge in [0.1, 0.15) is 11.6 Å². The molecule has 1 atom stereocenters. The number of nitrogens with zero attached hydrogens (tertiary/aromatic N) is 2. The van der Waals surface area contributed by atoms with E-state index in [2.05, 4.69) is 15.5 Å². The fourth-order valence-corrected chi connectivity index (χ4v) is 1.03. The number of aromatic nitrogens is 2. The first kappa shape index (κ1) is 10.7. The van der Waals surface area contributed by atoms with Gasteiger partial charge in [-0.15, -0.1) is 10.2 Å². The molecule has 0 aromatic carbocycles. The summed E-state index contributed by atoms with van der Waals surface area (Å²) in [7, 11) is 0. The maximum Gasteiger partial charge on any atom is 0.149 e. The van der Waals surface area contributed by atoms with Crippen molar-refractivity contribution in [3.8, 4) is 0 Å². The molecule has 5 nitrogen and oxygen atoms in total. The van der Waals surface area contributed by atoms with Crippen LogP contribution in [-0.2, 0) is 0 Å². The largest absolute Gasteiger partial charge is 0.394 e. The molecule has 0 radical (unpaired) electrons. The average Bonchev–Trinajstić information content (AvgIpc) is 2.16. The van der Waals surface area contributed by atoms with Gasteiger partial charge in [0.2, 0.25) is 0 Å². The molecular formula is C9H16N4O. The number of nitrogen functional groups attached to an aromatic ring is 1. The molecule has 0 spiro atoms. The van der Waals surface area contributed by atoms with Crippen molar-refractivity contribution in [2.45, 2.75) is 19.9 Å². The van der Waals surface area contributed by atoms with Crippen molar-refractivity contribution in [2.75, 3.05) is 17.7 Å². The van der Waals surface area contributed by atoms with Crippen LogP contribution in [0.5, 0.6) is 0 Å². The summed E-state index contributed by atoms with van der Waals surface area (Å²) in [6, 6.07) is 3.41. The van der Waals surface area contributed by atoms with E-state index in [1.807, 2.05) is 13.8 Å². The molecule has 0 fully saturated rings. The summed E-state index contributed by atoms with van der Waals surface area (Å²) in [6.07, 6.45) is 0. The van der Waals surface area contributed by atoms with Gasteiger partial charge in [-0.25, -0.2) is 0 Å². The zero-order valence-corrected chi connectivity index (χ0v) is 8.44. The predicted molar refractivity (Wildman–Crippen MR) is 55.8 cm³/mol. The third kappa shape index (κ3) is 2.85. The van der Waals surface area contributed by atoms with Gasteiger partial charge in [0, 0.05) is 0 Å². The highest BCUT2D eigenvalue weighted by Gasteiger charge is 2.11. The lowest BCUT2D eigenvalue weighted by molar-refractivity contribution is 0.249. The van der Waals surface area contributed by atoms with E-state index in [1.165, 1.54) is 0 Å². The fraction of sp³-hybridized carbons (Fsp3) is 0.556. The van der Waals surface area contributed by atoms with Crippen LogP contribution in [0.15, 0.2) is 12.1 Å². The Labute approximate surface area is 83.3 Å². The number of nitrogens with one attached hydrogen (secondary N) is 1. The third-order valence-electron chi connectivity index (χ3n) is 2.02. The first-order chi connectivity index (χ1) is 6.63. The van der Waals surface area contributed by atoms with E-state index in [4.69, 9.17) is 10.8 Å². The van der Waals surface area contributed by atoms with Crippen LogP contribution >= 0.6 is 0 Å². The van der Waals surface area contributed by atoms with E-state index >= 15 is 0 Å². The number of anilines is 2. The summed E-state index contributed by atoms with van der Waals surface area (Å²) in [4.78, 5) is 0. The minimum absolute atomic E-state index is 0.00655. The lowest BCUT2D eigenvalue weighted by atomic mass is 10.1. The van der Waals surface area contributed by atoms with E-state index in [9.17, 15) is 0 Å². The van der Waals surface area contributed by atoms with Gasteiger partial charge in [-0.3, -0.25) is 0 Å². The van der Waals surface area contributed by atoms with Crippen molar-refractivity contribution in [1.29, 1.82) is 0 Å². The summed E-state index contributed by atoms with van der Waals surface area (Å²) in [6.45, 7) is 4.13. The minimum Gasteiger partial charge on any atom is -0.394 e. The summed E-state index contributed by atoms with van der Waals surface area (Å²) in [5.41, 5.74) is 5.40. The van der Waals surface area contributed by atoms with Crippen LogP contribution in [0.1, 0.15) is 13.8 Å². The summed E-state index contributed by atoms with van der Waals surface area (Å²) in [5, 5.41) is 19.7. The van der Waals surface area contributed by atoms with Gasteiger partial charge in [0.15, 0.2) is 0 Å². The van der Waals surface area contributed by atoms with E-state index in [0.717, 1.165) is 0 Å². The normalized spacial score (nSPS) is 12.9. The van der Waals surface area contributed by atoms with Crippen molar-refractivity contribution in [2.24, 2.45) is 5.92 Å². The van der Waals surface area contributed by atoms with E-state index in [0.29, 0.717) is 17.6 Å². The van der Waals surface area contributed by atoms with Crippen LogP contribution in [0.2, 0.25) is 0 Å². The van der Waals surface area contributed by atoms with E-state index in [-0.39, 0.29) is 12.6 Å². The molecule has 0 bridgehead atoms. The van der Waals surface area contributed by atoms with Crippen LogP contribution < -0.4 is 11.1 Å². The van der Waals surface area contributed by atoms with Crippen molar-refractivity contribution in [3.05, 3.63) is 12.1 Å². The maximum atomic E-state index is 9.08. The monoisotopic (exact) mass is 196 g/mol. The third-order valence-corrected chi connectivity index (χ3v) is 2.02. The Kier molecular flexibility index (Phi) is 3.64. The number of nitrogens with two attached hydrogens (primary N) is 1. The first-order valence-electron chi connectivity index (χ1n) is 4.60. The number of aliphatic hydroxyl groups is 1. The molecule has 1 aromatic rings. The topological polar surface area (TPSA) is 84.1 Å². The van der Waals surface area contributed by atoms with Gasteiger partial charge >= 0.3 is 0 Å². The quantitative estimate of drug-likeness (QED) is 0.652. The second kappa shape index (κ2) is 4.76. The lowest BCUT2D eigenvalue weighted by Crippen LogP contribution is -2.29. The molecule has 1 unspecified atom stereocenters. The van der Waals surface area contributed by atoms with Crippen molar-refractivity contribution in [1.82, 2.24) is 10.2 Å². The van der Waals surface area contributed by atoms with Gasteiger partial charge < -0.3 is 16.2 Å². The number of hydrogen-bond donors (Lipinski definition) is 3.